The quantitative estimate of drug-likeness (QED) is 0.545. The predicted molar refractivity (Wildman–Crippen MR) is 120 cm³/mol. The molecule has 3 amide bonds. The summed E-state index contributed by atoms with van der Waals surface area (Å²) in [6.07, 6.45) is 0.727. The Kier molecular flexibility index (Phi) is 8.71. The Labute approximate surface area is 179 Å². The minimum absolute atomic E-state index is 0.0893. The van der Waals surface area contributed by atoms with Gasteiger partial charge in [-0.1, -0.05) is 18.2 Å². The van der Waals surface area contributed by atoms with Crippen LogP contribution >= 0.6 is 0 Å². The third-order valence-corrected chi connectivity index (χ3v) is 4.72. The molecule has 0 saturated heterocycles. The molecule has 0 radical (unpaired) electrons. The highest BCUT2D eigenvalue weighted by molar-refractivity contribution is 5.94. The summed E-state index contributed by atoms with van der Waals surface area (Å²) >= 11 is 0. The van der Waals surface area contributed by atoms with Crippen LogP contribution in [0.1, 0.15) is 52.9 Å². The molecule has 6 nitrogen and oxygen atoms in total. The molecular formula is C24H33N3O3. The fraction of sp³-hybridized carbons (Fsp3) is 0.417. The second-order valence-corrected chi connectivity index (χ2v) is 7.84. The Morgan fingerprint density at radius 1 is 1.00 bits per heavy atom. The lowest BCUT2D eigenvalue weighted by molar-refractivity contribution is 0.0951. The van der Waals surface area contributed by atoms with Crippen molar-refractivity contribution in [3.05, 3.63) is 64.2 Å². The first kappa shape index (κ1) is 23.3. The molecule has 0 unspecified atom stereocenters. The van der Waals surface area contributed by atoms with Crippen LogP contribution in [0.3, 0.4) is 0 Å². The van der Waals surface area contributed by atoms with E-state index in [4.69, 9.17) is 4.74 Å². The van der Waals surface area contributed by atoms with Gasteiger partial charge in [-0.3, -0.25) is 4.79 Å². The number of benzene rings is 2. The van der Waals surface area contributed by atoms with Gasteiger partial charge in [0.1, 0.15) is 5.75 Å². The molecule has 3 N–H and O–H groups in total. The Morgan fingerprint density at radius 3 is 2.37 bits per heavy atom. The second-order valence-electron chi connectivity index (χ2n) is 7.84. The number of carbonyl (C=O) groups excluding carboxylic acids is 2. The van der Waals surface area contributed by atoms with Crippen molar-refractivity contribution in [1.82, 2.24) is 16.0 Å². The number of carbonyl (C=O) groups is 2. The van der Waals surface area contributed by atoms with Gasteiger partial charge in [0.25, 0.3) is 5.91 Å². The van der Waals surface area contributed by atoms with Gasteiger partial charge < -0.3 is 20.7 Å². The third kappa shape index (κ3) is 7.43. The van der Waals surface area contributed by atoms with Crippen molar-refractivity contribution in [2.45, 2.75) is 53.6 Å². The molecule has 0 aliphatic rings. The molecule has 30 heavy (non-hydrogen) atoms. The van der Waals surface area contributed by atoms with Crippen molar-refractivity contribution >= 4 is 11.9 Å². The standard InChI is InChI=1S/C24H33N3O3/c1-16(2)27-24(29)26-15-20-7-9-21(10-8-20)23(28)25-11-6-12-30-22-14-17(3)13-18(4)19(22)5/h7-10,13-14,16H,6,11-12,15H2,1-5H3,(H,25,28)(H2,26,27,29). The summed E-state index contributed by atoms with van der Waals surface area (Å²) < 4.78 is 5.88. The van der Waals surface area contributed by atoms with Crippen molar-refractivity contribution in [3.63, 3.8) is 0 Å². The first-order chi connectivity index (χ1) is 14.3. The van der Waals surface area contributed by atoms with Crippen LogP contribution < -0.4 is 20.7 Å². The lowest BCUT2D eigenvalue weighted by atomic mass is 10.1. The molecule has 0 aliphatic carbocycles. The van der Waals surface area contributed by atoms with E-state index in [1.54, 1.807) is 12.1 Å². The van der Waals surface area contributed by atoms with Gasteiger partial charge in [0.15, 0.2) is 0 Å². The zero-order chi connectivity index (χ0) is 22.1. The molecular weight excluding hydrogens is 378 g/mol. The average Bonchev–Trinajstić information content (AvgIpc) is 2.69. The maximum absolute atomic E-state index is 12.3. The van der Waals surface area contributed by atoms with E-state index in [0.29, 0.717) is 25.3 Å². The molecule has 0 aromatic heterocycles. The van der Waals surface area contributed by atoms with Crippen molar-refractivity contribution in [3.8, 4) is 5.75 Å². The van der Waals surface area contributed by atoms with Crippen LogP contribution in [-0.2, 0) is 6.54 Å². The van der Waals surface area contributed by atoms with E-state index in [1.165, 1.54) is 11.1 Å². The molecule has 0 heterocycles. The number of ether oxygens (including phenoxy) is 1. The summed E-state index contributed by atoms with van der Waals surface area (Å²) in [6.45, 7) is 11.5. The number of nitrogens with one attached hydrogen (secondary N) is 3. The van der Waals surface area contributed by atoms with E-state index < -0.39 is 0 Å². The van der Waals surface area contributed by atoms with Gasteiger partial charge in [-0.25, -0.2) is 4.79 Å². The van der Waals surface area contributed by atoms with Crippen LogP contribution in [-0.4, -0.2) is 31.1 Å². The molecule has 162 valence electrons. The van der Waals surface area contributed by atoms with Gasteiger partial charge in [-0.2, -0.15) is 0 Å². The molecule has 0 bridgehead atoms. The normalized spacial score (nSPS) is 10.6. The smallest absolute Gasteiger partial charge is 0.315 e. The predicted octanol–water partition coefficient (Wildman–Crippen LogP) is 4.02. The topological polar surface area (TPSA) is 79.5 Å². The highest BCUT2D eigenvalue weighted by Gasteiger charge is 2.07. The Hall–Kier alpha value is -3.02. The van der Waals surface area contributed by atoms with Crippen molar-refractivity contribution < 1.29 is 14.3 Å². The van der Waals surface area contributed by atoms with Crippen molar-refractivity contribution in [2.24, 2.45) is 0 Å². The number of urea groups is 1. The highest BCUT2D eigenvalue weighted by atomic mass is 16.5. The fourth-order valence-electron chi connectivity index (χ4n) is 2.98. The Bertz CT molecular complexity index is 861. The molecule has 2 aromatic carbocycles. The summed E-state index contributed by atoms with van der Waals surface area (Å²) in [6, 6.07) is 11.3. The van der Waals surface area contributed by atoms with Crippen LogP contribution in [0.4, 0.5) is 4.79 Å². The molecule has 0 aliphatic heterocycles. The van der Waals surface area contributed by atoms with Crippen molar-refractivity contribution in [1.29, 1.82) is 0 Å². The Balaban J connectivity index is 1.72. The largest absolute Gasteiger partial charge is 0.493 e. The van der Waals surface area contributed by atoms with Gasteiger partial charge in [-0.15, -0.1) is 0 Å². The summed E-state index contributed by atoms with van der Waals surface area (Å²) in [5.74, 6) is 0.791. The highest BCUT2D eigenvalue weighted by Crippen LogP contribution is 2.23. The zero-order valence-corrected chi connectivity index (χ0v) is 18.6. The number of rotatable bonds is 9. The van der Waals surface area contributed by atoms with Crippen LogP contribution in [0, 0.1) is 20.8 Å². The van der Waals surface area contributed by atoms with E-state index in [1.807, 2.05) is 32.0 Å². The molecule has 2 rings (SSSR count). The molecule has 0 fully saturated rings. The number of hydrogen-bond donors (Lipinski definition) is 3. The summed E-state index contributed by atoms with van der Waals surface area (Å²) in [4.78, 5) is 23.9. The molecule has 0 spiro atoms. The SMILES string of the molecule is Cc1cc(C)c(C)c(OCCCNC(=O)c2ccc(CNC(=O)NC(C)C)cc2)c1. The summed E-state index contributed by atoms with van der Waals surface area (Å²) in [7, 11) is 0. The second kappa shape index (κ2) is 11.2. The monoisotopic (exact) mass is 411 g/mol. The van der Waals surface area contributed by atoms with E-state index in [9.17, 15) is 9.59 Å². The first-order valence-electron chi connectivity index (χ1n) is 10.4. The zero-order valence-electron chi connectivity index (χ0n) is 18.6. The van der Waals surface area contributed by atoms with Gasteiger partial charge in [-0.05, 0) is 81.5 Å². The van der Waals surface area contributed by atoms with Crippen LogP contribution in [0.15, 0.2) is 36.4 Å². The van der Waals surface area contributed by atoms with E-state index in [0.717, 1.165) is 23.3 Å². The molecule has 0 saturated carbocycles. The molecule has 0 atom stereocenters. The summed E-state index contributed by atoms with van der Waals surface area (Å²) in [5, 5.41) is 8.47. The van der Waals surface area contributed by atoms with Crippen molar-refractivity contribution in [2.75, 3.05) is 13.2 Å². The Morgan fingerprint density at radius 2 is 1.70 bits per heavy atom. The lowest BCUT2D eigenvalue weighted by Gasteiger charge is -2.13. The van der Waals surface area contributed by atoms with Crippen LogP contribution in [0.2, 0.25) is 0 Å². The van der Waals surface area contributed by atoms with Gasteiger partial charge in [0.2, 0.25) is 0 Å². The number of amides is 3. The van der Waals surface area contributed by atoms with E-state index in [2.05, 4.69) is 42.8 Å². The molecule has 6 heteroatoms. The number of aryl methyl sites for hydroxylation is 2. The third-order valence-electron chi connectivity index (χ3n) is 4.72. The van der Waals surface area contributed by atoms with Gasteiger partial charge in [0.05, 0.1) is 6.61 Å². The minimum atomic E-state index is -0.204. The summed E-state index contributed by atoms with van der Waals surface area (Å²) in [5.41, 5.74) is 5.08. The number of hydrogen-bond acceptors (Lipinski definition) is 3. The van der Waals surface area contributed by atoms with Gasteiger partial charge in [0, 0.05) is 24.7 Å². The minimum Gasteiger partial charge on any atom is -0.493 e. The fourth-order valence-corrected chi connectivity index (χ4v) is 2.98. The first-order valence-corrected chi connectivity index (χ1v) is 10.4. The van der Waals surface area contributed by atoms with Crippen LogP contribution in [0.5, 0.6) is 5.75 Å². The lowest BCUT2D eigenvalue weighted by Crippen LogP contribution is -2.39. The average molecular weight is 412 g/mol. The molecule has 2 aromatic rings. The van der Waals surface area contributed by atoms with E-state index >= 15 is 0 Å². The maximum Gasteiger partial charge on any atom is 0.315 e. The van der Waals surface area contributed by atoms with Crippen LogP contribution in [0.25, 0.3) is 0 Å². The van der Waals surface area contributed by atoms with E-state index in [-0.39, 0.29) is 18.0 Å². The maximum atomic E-state index is 12.3. The van der Waals surface area contributed by atoms with Gasteiger partial charge >= 0.3 is 6.03 Å².